The molecule has 0 aliphatic heterocycles. The fourth-order valence-corrected chi connectivity index (χ4v) is 3.00. The molecule has 0 spiro atoms. The second-order valence-corrected chi connectivity index (χ2v) is 5.55. The van der Waals surface area contributed by atoms with Crippen molar-refractivity contribution in [2.24, 2.45) is 5.92 Å². The van der Waals surface area contributed by atoms with E-state index in [0.717, 1.165) is 17.9 Å². The van der Waals surface area contributed by atoms with Crippen molar-refractivity contribution in [1.29, 1.82) is 0 Å². The molecule has 100 valence electrons. The van der Waals surface area contributed by atoms with E-state index in [1.807, 2.05) is 6.07 Å². The summed E-state index contributed by atoms with van der Waals surface area (Å²) in [4.78, 5) is 0. The fraction of sp³-hybridized carbons (Fsp3) is 0.625. The predicted octanol–water partition coefficient (Wildman–Crippen LogP) is 4.45. The van der Waals surface area contributed by atoms with E-state index in [9.17, 15) is 4.39 Å². The van der Waals surface area contributed by atoms with Crippen molar-refractivity contribution in [3.63, 3.8) is 0 Å². The molecule has 2 heteroatoms. The molecule has 1 aromatic carbocycles. The Morgan fingerprint density at radius 1 is 1.33 bits per heavy atom. The lowest BCUT2D eigenvalue weighted by Gasteiger charge is -2.33. The van der Waals surface area contributed by atoms with E-state index < -0.39 is 0 Å². The van der Waals surface area contributed by atoms with Gasteiger partial charge in [-0.3, -0.25) is 0 Å². The Balaban J connectivity index is 2.04. The quantitative estimate of drug-likeness (QED) is 0.831. The minimum atomic E-state index is -0.135. The number of benzene rings is 1. The van der Waals surface area contributed by atoms with Crippen LogP contribution in [-0.4, -0.2) is 6.04 Å². The van der Waals surface area contributed by atoms with Crippen molar-refractivity contribution >= 4 is 0 Å². The van der Waals surface area contributed by atoms with Crippen LogP contribution < -0.4 is 5.32 Å². The minimum Gasteiger partial charge on any atom is -0.307 e. The maximum Gasteiger partial charge on any atom is 0.123 e. The van der Waals surface area contributed by atoms with Crippen molar-refractivity contribution in [3.05, 3.63) is 35.6 Å². The molecule has 0 radical (unpaired) electrons. The zero-order valence-corrected chi connectivity index (χ0v) is 11.5. The first-order chi connectivity index (χ1) is 8.70. The van der Waals surface area contributed by atoms with Gasteiger partial charge in [-0.25, -0.2) is 4.39 Å². The lowest BCUT2D eigenvalue weighted by Crippen LogP contribution is -2.39. The predicted molar refractivity (Wildman–Crippen MR) is 74.0 cm³/mol. The largest absolute Gasteiger partial charge is 0.307 e. The van der Waals surface area contributed by atoms with Crippen molar-refractivity contribution in [2.75, 3.05) is 0 Å². The van der Waals surface area contributed by atoms with Crippen LogP contribution in [0.5, 0.6) is 0 Å². The van der Waals surface area contributed by atoms with Gasteiger partial charge >= 0.3 is 0 Å². The molecular weight excluding hydrogens is 225 g/mol. The van der Waals surface area contributed by atoms with Gasteiger partial charge in [0.25, 0.3) is 0 Å². The topological polar surface area (TPSA) is 12.0 Å². The van der Waals surface area contributed by atoms with Gasteiger partial charge in [0.1, 0.15) is 5.82 Å². The van der Waals surface area contributed by atoms with Gasteiger partial charge in [-0.2, -0.15) is 0 Å². The van der Waals surface area contributed by atoms with Gasteiger partial charge in [-0.15, -0.1) is 0 Å². The van der Waals surface area contributed by atoms with Crippen LogP contribution in [0.1, 0.15) is 57.6 Å². The zero-order chi connectivity index (χ0) is 13.0. The molecule has 1 N–H and O–H groups in total. The SMILES string of the molecule is CCC(NC1CCCCC1C)c1cccc(F)c1. The molecule has 1 aliphatic carbocycles. The van der Waals surface area contributed by atoms with Crippen molar-refractivity contribution < 1.29 is 4.39 Å². The van der Waals surface area contributed by atoms with E-state index in [0.29, 0.717) is 6.04 Å². The van der Waals surface area contributed by atoms with Gasteiger partial charge in [0.15, 0.2) is 0 Å². The molecule has 1 aromatic rings. The standard InChI is InChI=1S/C16H24FN/c1-3-15(13-8-6-9-14(17)11-13)18-16-10-5-4-7-12(16)2/h6,8-9,11-12,15-16,18H,3-5,7,10H2,1-2H3. The maximum absolute atomic E-state index is 13.3. The molecule has 0 amide bonds. The van der Waals surface area contributed by atoms with Crippen LogP contribution in [0.2, 0.25) is 0 Å². The normalized spacial score (nSPS) is 25.9. The van der Waals surface area contributed by atoms with Gasteiger partial charge in [-0.1, -0.05) is 38.8 Å². The summed E-state index contributed by atoms with van der Waals surface area (Å²) in [7, 11) is 0. The highest BCUT2D eigenvalue weighted by molar-refractivity contribution is 5.20. The molecule has 1 nitrogen and oxygen atoms in total. The van der Waals surface area contributed by atoms with Crippen LogP contribution in [0.3, 0.4) is 0 Å². The molecule has 0 saturated heterocycles. The van der Waals surface area contributed by atoms with Crippen LogP contribution >= 0.6 is 0 Å². The highest BCUT2D eigenvalue weighted by atomic mass is 19.1. The second-order valence-electron chi connectivity index (χ2n) is 5.55. The van der Waals surface area contributed by atoms with Gasteiger partial charge in [0.2, 0.25) is 0 Å². The lowest BCUT2D eigenvalue weighted by molar-refractivity contribution is 0.256. The van der Waals surface area contributed by atoms with Crippen molar-refractivity contribution in [2.45, 2.75) is 58.0 Å². The Morgan fingerprint density at radius 3 is 2.78 bits per heavy atom. The first-order valence-electron chi connectivity index (χ1n) is 7.22. The Labute approximate surface area is 110 Å². The highest BCUT2D eigenvalue weighted by Crippen LogP contribution is 2.27. The molecule has 1 fully saturated rings. The van der Waals surface area contributed by atoms with E-state index in [1.165, 1.54) is 31.7 Å². The highest BCUT2D eigenvalue weighted by Gasteiger charge is 2.23. The Bertz CT molecular complexity index is 377. The summed E-state index contributed by atoms with van der Waals surface area (Å²) >= 11 is 0. The van der Waals surface area contributed by atoms with Crippen LogP contribution in [0.15, 0.2) is 24.3 Å². The summed E-state index contributed by atoms with van der Waals surface area (Å²) in [6, 6.07) is 7.88. The van der Waals surface area contributed by atoms with Gasteiger partial charge in [-0.05, 0) is 42.9 Å². The number of nitrogens with one attached hydrogen (secondary N) is 1. The van der Waals surface area contributed by atoms with E-state index in [-0.39, 0.29) is 11.9 Å². The third-order valence-electron chi connectivity index (χ3n) is 4.19. The minimum absolute atomic E-state index is 0.135. The first kappa shape index (κ1) is 13.5. The number of halogens is 1. The fourth-order valence-electron chi connectivity index (χ4n) is 3.00. The molecule has 18 heavy (non-hydrogen) atoms. The lowest BCUT2D eigenvalue weighted by atomic mass is 9.85. The second kappa shape index (κ2) is 6.33. The molecule has 3 atom stereocenters. The molecule has 3 unspecified atom stereocenters. The summed E-state index contributed by atoms with van der Waals surface area (Å²) in [6.45, 7) is 4.49. The Morgan fingerprint density at radius 2 is 2.11 bits per heavy atom. The zero-order valence-electron chi connectivity index (χ0n) is 11.5. The average Bonchev–Trinajstić information content (AvgIpc) is 2.38. The number of hydrogen-bond donors (Lipinski definition) is 1. The van der Waals surface area contributed by atoms with Crippen LogP contribution in [0, 0.1) is 11.7 Å². The van der Waals surface area contributed by atoms with Gasteiger partial charge in [0.05, 0.1) is 0 Å². The summed E-state index contributed by atoms with van der Waals surface area (Å²) in [6.07, 6.45) is 6.26. The summed E-state index contributed by atoms with van der Waals surface area (Å²) in [5.74, 6) is 0.603. The van der Waals surface area contributed by atoms with E-state index in [2.05, 4.69) is 19.2 Å². The molecule has 0 heterocycles. The Hall–Kier alpha value is -0.890. The van der Waals surface area contributed by atoms with Gasteiger partial charge < -0.3 is 5.32 Å². The van der Waals surface area contributed by atoms with Crippen LogP contribution in [-0.2, 0) is 0 Å². The molecule has 0 bridgehead atoms. The molecule has 1 aliphatic rings. The molecule has 1 saturated carbocycles. The van der Waals surface area contributed by atoms with E-state index >= 15 is 0 Å². The summed E-state index contributed by atoms with van der Waals surface area (Å²) in [5, 5.41) is 3.73. The molecule has 0 aromatic heterocycles. The summed E-state index contributed by atoms with van der Waals surface area (Å²) < 4.78 is 13.3. The van der Waals surface area contributed by atoms with Crippen LogP contribution in [0.4, 0.5) is 4.39 Å². The van der Waals surface area contributed by atoms with Crippen molar-refractivity contribution in [3.8, 4) is 0 Å². The average molecular weight is 249 g/mol. The Kier molecular flexibility index (Phi) is 4.76. The van der Waals surface area contributed by atoms with E-state index in [4.69, 9.17) is 0 Å². The monoisotopic (exact) mass is 249 g/mol. The number of rotatable bonds is 4. The van der Waals surface area contributed by atoms with E-state index in [1.54, 1.807) is 12.1 Å². The maximum atomic E-state index is 13.3. The van der Waals surface area contributed by atoms with Crippen molar-refractivity contribution in [1.82, 2.24) is 5.32 Å². The third-order valence-corrected chi connectivity index (χ3v) is 4.19. The first-order valence-corrected chi connectivity index (χ1v) is 7.22. The third kappa shape index (κ3) is 3.32. The summed E-state index contributed by atoms with van der Waals surface area (Å²) in [5.41, 5.74) is 1.08. The smallest absolute Gasteiger partial charge is 0.123 e. The van der Waals surface area contributed by atoms with Crippen LogP contribution in [0.25, 0.3) is 0 Å². The molecule has 2 rings (SSSR count). The molecular formula is C16H24FN. The number of hydrogen-bond acceptors (Lipinski definition) is 1. The van der Waals surface area contributed by atoms with Gasteiger partial charge in [0, 0.05) is 12.1 Å².